The van der Waals surface area contributed by atoms with E-state index < -0.39 is 0 Å². The number of morpholine rings is 1. The van der Waals surface area contributed by atoms with Crippen LogP contribution in [0.3, 0.4) is 0 Å². The molecule has 0 aliphatic carbocycles. The molecule has 0 N–H and O–H groups in total. The fraction of sp³-hybridized carbons (Fsp3) is 0.286. The molecule has 1 aromatic heterocycles. The summed E-state index contributed by atoms with van der Waals surface area (Å²) in [6, 6.07) is 7.57. The lowest BCUT2D eigenvalue weighted by atomic mass is 10.1. The van der Waals surface area contributed by atoms with Crippen molar-refractivity contribution in [3.05, 3.63) is 40.5 Å². The largest absolute Gasteiger partial charge is 0.378 e. The molecule has 1 saturated heterocycles. The minimum atomic E-state index is 0.0498. The average molecular weight is 321 g/mol. The fourth-order valence-electron chi connectivity index (χ4n) is 2.26. The van der Waals surface area contributed by atoms with E-state index in [1.54, 1.807) is 12.3 Å². The highest BCUT2D eigenvalue weighted by atomic mass is 79.9. The van der Waals surface area contributed by atoms with Gasteiger partial charge < -0.3 is 9.64 Å². The second-order valence-electron chi connectivity index (χ2n) is 4.40. The minimum Gasteiger partial charge on any atom is -0.378 e. The summed E-state index contributed by atoms with van der Waals surface area (Å²) in [5, 5.41) is 0.883. The number of pyridine rings is 1. The van der Waals surface area contributed by atoms with Gasteiger partial charge in [-0.05, 0) is 28.1 Å². The number of carbonyl (C=O) groups excluding carboxylic acids is 1. The molecule has 4 nitrogen and oxygen atoms in total. The first-order valence-electron chi connectivity index (χ1n) is 6.17. The van der Waals surface area contributed by atoms with Crippen molar-refractivity contribution in [3.8, 4) is 0 Å². The zero-order chi connectivity index (χ0) is 13.2. The van der Waals surface area contributed by atoms with E-state index in [0.717, 1.165) is 15.4 Å². The van der Waals surface area contributed by atoms with Crippen LogP contribution in [0.15, 0.2) is 34.9 Å². The van der Waals surface area contributed by atoms with Crippen molar-refractivity contribution in [2.75, 3.05) is 26.3 Å². The molecule has 2 aromatic rings. The Morgan fingerprint density at radius 1 is 1.26 bits per heavy atom. The maximum Gasteiger partial charge on any atom is 0.254 e. The number of carbonyl (C=O) groups is 1. The molecule has 98 valence electrons. The Morgan fingerprint density at radius 3 is 2.84 bits per heavy atom. The van der Waals surface area contributed by atoms with Gasteiger partial charge in [-0.1, -0.05) is 12.1 Å². The van der Waals surface area contributed by atoms with Crippen LogP contribution in [0.5, 0.6) is 0 Å². The van der Waals surface area contributed by atoms with E-state index in [-0.39, 0.29) is 5.91 Å². The summed E-state index contributed by atoms with van der Waals surface area (Å²) >= 11 is 3.47. The lowest BCUT2D eigenvalue weighted by Crippen LogP contribution is -2.40. The van der Waals surface area contributed by atoms with E-state index >= 15 is 0 Å². The molecule has 1 aromatic carbocycles. The second-order valence-corrected chi connectivity index (χ2v) is 5.25. The molecule has 19 heavy (non-hydrogen) atoms. The molecule has 0 radical (unpaired) electrons. The molecular formula is C14H13BrN2O2. The van der Waals surface area contributed by atoms with Crippen molar-refractivity contribution in [2.45, 2.75) is 0 Å². The Morgan fingerprint density at radius 2 is 2.05 bits per heavy atom. The van der Waals surface area contributed by atoms with Crippen LogP contribution in [0.1, 0.15) is 10.4 Å². The van der Waals surface area contributed by atoms with E-state index in [4.69, 9.17) is 4.74 Å². The third-order valence-corrected chi connectivity index (χ3v) is 3.89. The van der Waals surface area contributed by atoms with Crippen molar-refractivity contribution in [3.63, 3.8) is 0 Å². The summed E-state index contributed by atoms with van der Waals surface area (Å²) in [6.07, 6.45) is 1.68. The van der Waals surface area contributed by atoms with Crippen LogP contribution < -0.4 is 0 Å². The van der Waals surface area contributed by atoms with Crippen LogP contribution in [-0.4, -0.2) is 42.1 Å². The van der Waals surface area contributed by atoms with Crippen LogP contribution in [0.4, 0.5) is 0 Å². The number of aromatic nitrogens is 1. The smallest absolute Gasteiger partial charge is 0.254 e. The maximum absolute atomic E-state index is 12.6. The SMILES string of the molecule is O=C(c1ccnc2c(Br)cccc12)N1CCOCC1. The van der Waals surface area contributed by atoms with Gasteiger partial charge in [0.1, 0.15) is 0 Å². The van der Waals surface area contributed by atoms with Gasteiger partial charge in [0.15, 0.2) is 0 Å². The van der Waals surface area contributed by atoms with Crippen molar-refractivity contribution < 1.29 is 9.53 Å². The molecule has 0 saturated carbocycles. The van der Waals surface area contributed by atoms with Crippen molar-refractivity contribution in [2.24, 2.45) is 0 Å². The number of hydrogen-bond acceptors (Lipinski definition) is 3. The molecule has 1 aliphatic heterocycles. The molecule has 5 heteroatoms. The molecule has 0 atom stereocenters. The summed E-state index contributed by atoms with van der Waals surface area (Å²) in [5.41, 5.74) is 1.52. The minimum absolute atomic E-state index is 0.0498. The lowest BCUT2D eigenvalue weighted by Gasteiger charge is -2.27. The third kappa shape index (κ3) is 2.35. The molecule has 0 unspecified atom stereocenters. The number of nitrogens with zero attached hydrogens (tertiary/aromatic N) is 2. The number of rotatable bonds is 1. The van der Waals surface area contributed by atoms with Gasteiger partial charge in [0.25, 0.3) is 5.91 Å². The third-order valence-electron chi connectivity index (χ3n) is 3.25. The normalized spacial score (nSPS) is 15.7. The second kappa shape index (κ2) is 5.27. The van der Waals surface area contributed by atoms with Gasteiger partial charge in [-0.15, -0.1) is 0 Å². The molecule has 1 amide bonds. The van der Waals surface area contributed by atoms with E-state index in [0.29, 0.717) is 31.9 Å². The monoisotopic (exact) mass is 320 g/mol. The van der Waals surface area contributed by atoms with Crippen LogP contribution in [0.2, 0.25) is 0 Å². The van der Waals surface area contributed by atoms with Gasteiger partial charge >= 0.3 is 0 Å². The predicted octanol–water partition coefficient (Wildman–Crippen LogP) is 2.47. The molecule has 2 heterocycles. The standard InChI is InChI=1S/C14H13BrN2O2/c15-12-3-1-2-10-11(4-5-16-13(10)12)14(18)17-6-8-19-9-7-17/h1-5H,6-9H2. The van der Waals surface area contributed by atoms with Crippen molar-refractivity contribution in [1.29, 1.82) is 0 Å². The first-order chi connectivity index (χ1) is 9.27. The van der Waals surface area contributed by atoms with E-state index in [1.165, 1.54) is 0 Å². The summed E-state index contributed by atoms with van der Waals surface area (Å²) in [5.74, 6) is 0.0498. The van der Waals surface area contributed by atoms with E-state index in [1.807, 2.05) is 23.1 Å². The molecule has 1 fully saturated rings. The number of para-hydroxylation sites is 1. The Kier molecular flexibility index (Phi) is 3.48. The van der Waals surface area contributed by atoms with Crippen LogP contribution in [0, 0.1) is 0 Å². The number of fused-ring (bicyclic) bond motifs is 1. The zero-order valence-electron chi connectivity index (χ0n) is 10.3. The summed E-state index contributed by atoms with van der Waals surface area (Å²) in [6.45, 7) is 2.52. The molecule has 0 bridgehead atoms. The average Bonchev–Trinajstić information content (AvgIpc) is 2.47. The summed E-state index contributed by atoms with van der Waals surface area (Å²) < 4.78 is 6.18. The number of halogens is 1. The summed E-state index contributed by atoms with van der Waals surface area (Å²) in [4.78, 5) is 18.7. The Labute approximate surface area is 119 Å². The van der Waals surface area contributed by atoms with Crippen LogP contribution in [0.25, 0.3) is 10.9 Å². The van der Waals surface area contributed by atoms with Gasteiger partial charge in [-0.3, -0.25) is 9.78 Å². The zero-order valence-corrected chi connectivity index (χ0v) is 11.9. The Bertz CT molecular complexity index is 624. The molecule has 3 rings (SSSR count). The molecular weight excluding hydrogens is 308 g/mol. The number of hydrogen-bond donors (Lipinski definition) is 0. The maximum atomic E-state index is 12.6. The highest BCUT2D eigenvalue weighted by Gasteiger charge is 2.20. The number of benzene rings is 1. The van der Waals surface area contributed by atoms with Gasteiger partial charge in [0, 0.05) is 29.1 Å². The van der Waals surface area contributed by atoms with E-state index in [9.17, 15) is 4.79 Å². The first-order valence-corrected chi connectivity index (χ1v) is 6.97. The highest BCUT2D eigenvalue weighted by molar-refractivity contribution is 9.10. The summed E-state index contributed by atoms with van der Waals surface area (Å²) in [7, 11) is 0. The lowest BCUT2D eigenvalue weighted by molar-refractivity contribution is 0.0304. The van der Waals surface area contributed by atoms with Gasteiger partial charge in [0.05, 0.1) is 24.3 Å². The molecule has 1 aliphatic rings. The molecule has 0 spiro atoms. The quantitative estimate of drug-likeness (QED) is 0.810. The van der Waals surface area contributed by atoms with Gasteiger partial charge in [0.2, 0.25) is 0 Å². The number of ether oxygens (including phenoxy) is 1. The van der Waals surface area contributed by atoms with Crippen molar-refractivity contribution >= 4 is 32.7 Å². The number of amides is 1. The van der Waals surface area contributed by atoms with Crippen molar-refractivity contribution in [1.82, 2.24) is 9.88 Å². The Balaban J connectivity index is 2.04. The first kappa shape index (κ1) is 12.6. The van der Waals surface area contributed by atoms with E-state index in [2.05, 4.69) is 20.9 Å². The van der Waals surface area contributed by atoms with Crippen LogP contribution >= 0.6 is 15.9 Å². The Hall–Kier alpha value is -1.46. The van der Waals surface area contributed by atoms with Gasteiger partial charge in [-0.2, -0.15) is 0 Å². The van der Waals surface area contributed by atoms with Crippen LogP contribution in [-0.2, 0) is 4.74 Å². The highest BCUT2D eigenvalue weighted by Crippen LogP contribution is 2.25. The topological polar surface area (TPSA) is 42.4 Å². The van der Waals surface area contributed by atoms with Gasteiger partial charge in [-0.25, -0.2) is 0 Å². The fourth-order valence-corrected chi connectivity index (χ4v) is 2.73. The predicted molar refractivity (Wildman–Crippen MR) is 76.2 cm³/mol.